The number of aliphatic hydroxyl groups excluding tert-OH is 1. The van der Waals surface area contributed by atoms with Crippen LogP contribution in [0, 0.1) is 16.7 Å². The first-order chi connectivity index (χ1) is 5.52. The molecule has 2 aliphatic carbocycles. The van der Waals surface area contributed by atoms with Gasteiger partial charge in [-0.25, -0.2) is 0 Å². The lowest BCUT2D eigenvalue weighted by atomic mass is 9.92. The van der Waals surface area contributed by atoms with Crippen molar-refractivity contribution in [3.8, 4) is 0 Å². The third-order valence-electron chi connectivity index (χ3n) is 3.90. The molecule has 0 saturated heterocycles. The van der Waals surface area contributed by atoms with Gasteiger partial charge in [0.2, 0.25) is 0 Å². The third kappa shape index (κ3) is 1.09. The summed E-state index contributed by atoms with van der Waals surface area (Å²) in [6, 6.07) is 0. The van der Waals surface area contributed by atoms with E-state index >= 15 is 0 Å². The number of aliphatic hydroxyl groups is 1. The minimum Gasteiger partial charge on any atom is -0.392 e. The molecule has 0 bridgehead atoms. The van der Waals surface area contributed by atoms with Crippen molar-refractivity contribution in [2.45, 2.75) is 39.2 Å². The van der Waals surface area contributed by atoms with E-state index in [9.17, 15) is 5.11 Å². The molecule has 2 nitrogen and oxygen atoms in total. The summed E-state index contributed by atoms with van der Waals surface area (Å²) in [4.78, 5) is 0. The second kappa shape index (κ2) is 2.24. The first-order valence-electron chi connectivity index (χ1n) is 4.90. The fourth-order valence-electron chi connectivity index (χ4n) is 2.25. The molecule has 0 radical (unpaired) electrons. The van der Waals surface area contributed by atoms with Crippen molar-refractivity contribution in [3.05, 3.63) is 0 Å². The smallest absolute Gasteiger partial charge is 0.0641 e. The van der Waals surface area contributed by atoms with Gasteiger partial charge in [-0.2, -0.15) is 0 Å². The largest absolute Gasteiger partial charge is 0.392 e. The van der Waals surface area contributed by atoms with Crippen molar-refractivity contribution in [2.75, 3.05) is 6.54 Å². The van der Waals surface area contributed by atoms with Crippen molar-refractivity contribution in [3.63, 3.8) is 0 Å². The highest BCUT2D eigenvalue weighted by molar-refractivity contribution is 5.10. The number of hydrogen-bond donors (Lipinski definition) is 2. The predicted molar refractivity (Wildman–Crippen MR) is 48.6 cm³/mol. The summed E-state index contributed by atoms with van der Waals surface area (Å²) in [7, 11) is 0. The van der Waals surface area contributed by atoms with Crippen molar-refractivity contribution in [1.82, 2.24) is 0 Å². The van der Waals surface area contributed by atoms with Crippen LogP contribution in [0.5, 0.6) is 0 Å². The average molecular weight is 169 g/mol. The Kier molecular flexibility index (Phi) is 1.59. The SMILES string of the molecule is CC1(C)CC1C(O)C1(CN)CC1. The molecule has 2 aliphatic rings. The van der Waals surface area contributed by atoms with Gasteiger partial charge in [0.25, 0.3) is 0 Å². The van der Waals surface area contributed by atoms with Gasteiger partial charge in [-0.3, -0.25) is 0 Å². The molecule has 0 aromatic carbocycles. The molecule has 0 amide bonds. The second-order valence-electron chi connectivity index (χ2n) is 5.31. The van der Waals surface area contributed by atoms with Crippen LogP contribution >= 0.6 is 0 Å². The van der Waals surface area contributed by atoms with Crippen LogP contribution in [0.15, 0.2) is 0 Å². The van der Waals surface area contributed by atoms with Crippen LogP contribution in [0.2, 0.25) is 0 Å². The Morgan fingerprint density at radius 1 is 1.50 bits per heavy atom. The Hall–Kier alpha value is -0.0800. The Morgan fingerprint density at radius 3 is 2.25 bits per heavy atom. The van der Waals surface area contributed by atoms with Crippen LogP contribution in [0.25, 0.3) is 0 Å². The van der Waals surface area contributed by atoms with E-state index in [1.165, 1.54) is 6.42 Å². The van der Waals surface area contributed by atoms with Gasteiger partial charge in [0, 0.05) is 12.0 Å². The van der Waals surface area contributed by atoms with E-state index in [4.69, 9.17) is 5.73 Å². The fourth-order valence-corrected chi connectivity index (χ4v) is 2.25. The van der Waals surface area contributed by atoms with E-state index in [2.05, 4.69) is 13.8 Å². The Bertz CT molecular complexity index is 196. The molecule has 0 spiro atoms. The molecule has 3 N–H and O–H groups in total. The molecule has 0 aliphatic heterocycles. The highest BCUT2D eigenvalue weighted by Crippen LogP contribution is 2.61. The summed E-state index contributed by atoms with van der Waals surface area (Å²) < 4.78 is 0. The monoisotopic (exact) mass is 169 g/mol. The van der Waals surface area contributed by atoms with Gasteiger partial charge < -0.3 is 10.8 Å². The van der Waals surface area contributed by atoms with E-state index in [0.29, 0.717) is 17.9 Å². The highest BCUT2D eigenvalue weighted by Gasteiger charge is 2.59. The van der Waals surface area contributed by atoms with Gasteiger partial charge in [-0.1, -0.05) is 13.8 Å². The fraction of sp³-hybridized carbons (Fsp3) is 1.00. The molecule has 2 unspecified atom stereocenters. The molecule has 12 heavy (non-hydrogen) atoms. The molecule has 2 saturated carbocycles. The van der Waals surface area contributed by atoms with Crippen molar-refractivity contribution >= 4 is 0 Å². The molecule has 0 aromatic rings. The predicted octanol–water partition coefficient (Wildman–Crippen LogP) is 1.13. The van der Waals surface area contributed by atoms with Gasteiger partial charge in [0.15, 0.2) is 0 Å². The molecule has 2 atom stereocenters. The first kappa shape index (κ1) is 8.52. The Morgan fingerprint density at radius 2 is 2.00 bits per heavy atom. The molecular weight excluding hydrogens is 150 g/mol. The van der Waals surface area contributed by atoms with Crippen molar-refractivity contribution in [1.29, 1.82) is 0 Å². The summed E-state index contributed by atoms with van der Waals surface area (Å²) in [6.07, 6.45) is 3.32. The van der Waals surface area contributed by atoms with Crippen LogP contribution in [0.4, 0.5) is 0 Å². The average Bonchev–Trinajstić information content (AvgIpc) is 2.86. The maximum atomic E-state index is 10.0. The van der Waals surface area contributed by atoms with Gasteiger partial charge in [0.05, 0.1) is 6.10 Å². The number of nitrogens with two attached hydrogens (primary N) is 1. The zero-order chi connectivity index (χ0) is 8.98. The highest BCUT2D eigenvalue weighted by atomic mass is 16.3. The number of rotatable bonds is 3. The van der Waals surface area contributed by atoms with E-state index in [0.717, 1.165) is 12.8 Å². The molecule has 2 fully saturated rings. The van der Waals surface area contributed by atoms with Crippen molar-refractivity contribution < 1.29 is 5.11 Å². The van der Waals surface area contributed by atoms with Gasteiger partial charge in [-0.05, 0) is 30.6 Å². The molecule has 2 heteroatoms. The topological polar surface area (TPSA) is 46.2 Å². The standard InChI is InChI=1S/C10H19NO/c1-9(2)5-7(9)8(12)10(6-11)3-4-10/h7-8,12H,3-6,11H2,1-2H3. The van der Waals surface area contributed by atoms with Crippen molar-refractivity contribution in [2.24, 2.45) is 22.5 Å². The normalized spacial score (nSPS) is 37.5. The molecule has 70 valence electrons. The van der Waals surface area contributed by atoms with E-state index < -0.39 is 0 Å². The number of hydrogen-bond acceptors (Lipinski definition) is 2. The van der Waals surface area contributed by atoms with Crippen LogP contribution in [0.3, 0.4) is 0 Å². The van der Waals surface area contributed by atoms with Gasteiger partial charge in [-0.15, -0.1) is 0 Å². The van der Waals surface area contributed by atoms with Crippen LogP contribution in [-0.2, 0) is 0 Å². The van der Waals surface area contributed by atoms with Gasteiger partial charge >= 0.3 is 0 Å². The van der Waals surface area contributed by atoms with E-state index in [1.54, 1.807) is 0 Å². The van der Waals surface area contributed by atoms with Crippen LogP contribution in [0.1, 0.15) is 33.1 Å². The Labute approximate surface area is 74.1 Å². The molecular formula is C10H19NO. The maximum absolute atomic E-state index is 10.0. The Balaban J connectivity index is 1.98. The zero-order valence-electron chi connectivity index (χ0n) is 8.01. The summed E-state index contributed by atoms with van der Waals surface area (Å²) in [6.45, 7) is 5.13. The maximum Gasteiger partial charge on any atom is 0.0641 e. The van der Waals surface area contributed by atoms with Crippen LogP contribution < -0.4 is 5.73 Å². The molecule has 2 rings (SSSR count). The van der Waals surface area contributed by atoms with Gasteiger partial charge in [0.1, 0.15) is 0 Å². The summed E-state index contributed by atoms with van der Waals surface area (Å²) >= 11 is 0. The lowest BCUT2D eigenvalue weighted by Gasteiger charge is -2.21. The summed E-state index contributed by atoms with van der Waals surface area (Å²) in [5.41, 5.74) is 6.17. The lowest BCUT2D eigenvalue weighted by molar-refractivity contribution is 0.0649. The quantitative estimate of drug-likeness (QED) is 0.665. The zero-order valence-corrected chi connectivity index (χ0v) is 8.01. The van der Waals surface area contributed by atoms with E-state index in [-0.39, 0.29) is 11.5 Å². The lowest BCUT2D eigenvalue weighted by Crippen LogP contribution is -2.32. The summed E-state index contributed by atoms with van der Waals surface area (Å²) in [5, 5.41) is 10.0. The molecule has 0 heterocycles. The second-order valence-corrected chi connectivity index (χ2v) is 5.31. The first-order valence-corrected chi connectivity index (χ1v) is 4.90. The third-order valence-corrected chi connectivity index (χ3v) is 3.90. The van der Waals surface area contributed by atoms with E-state index in [1.807, 2.05) is 0 Å². The van der Waals surface area contributed by atoms with Crippen LogP contribution in [-0.4, -0.2) is 17.8 Å². The minimum absolute atomic E-state index is 0.123. The minimum atomic E-state index is -0.127. The molecule has 0 aromatic heterocycles. The summed E-state index contributed by atoms with van der Waals surface area (Å²) in [5.74, 6) is 0.517.